The van der Waals surface area contributed by atoms with E-state index in [1.165, 1.54) is 42.0 Å². The molecule has 0 amide bonds. The Morgan fingerprint density at radius 2 is 2.26 bits per heavy atom. The van der Waals surface area contributed by atoms with E-state index in [4.69, 9.17) is 9.72 Å². The van der Waals surface area contributed by atoms with E-state index in [-0.39, 0.29) is 0 Å². The molecule has 1 N–H and O–H groups in total. The van der Waals surface area contributed by atoms with Crippen molar-refractivity contribution in [1.82, 2.24) is 10.3 Å². The van der Waals surface area contributed by atoms with Crippen molar-refractivity contribution in [2.24, 2.45) is 5.92 Å². The Kier molecular flexibility index (Phi) is 5.79. The predicted octanol–water partition coefficient (Wildman–Crippen LogP) is 3.69. The fourth-order valence-electron chi connectivity index (χ4n) is 3.01. The van der Waals surface area contributed by atoms with Gasteiger partial charge in [-0.05, 0) is 25.8 Å². The summed E-state index contributed by atoms with van der Waals surface area (Å²) in [5.41, 5.74) is 1.13. The van der Waals surface area contributed by atoms with E-state index in [1.807, 2.05) is 18.4 Å². The average Bonchev–Trinajstić information content (AvgIpc) is 2.83. The highest BCUT2D eigenvalue weighted by molar-refractivity contribution is 7.11. The van der Waals surface area contributed by atoms with E-state index in [1.54, 1.807) is 7.11 Å². The lowest BCUT2D eigenvalue weighted by atomic mass is 9.80. The summed E-state index contributed by atoms with van der Waals surface area (Å²) in [5, 5.41) is 4.58. The van der Waals surface area contributed by atoms with Gasteiger partial charge in [-0.3, -0.25) is 0 Å². The number of methoxy groups -OCH3 is 1. The lowest BCUT2D eigenvalue weighted by Gasteiger charge is -2.26. The fraction of sp³-hybridized carbons (Fsp3) is 0.800. The summed E-state index contributed by atoms with van der Waals surface area (Å²) in [6, 6.07) is 0. The molecule has 1 fully saturated rings. The van der Waals surface area contributed by atoms with Gasteiger partial charge in [0.15, 0.2) is 0 Å². The zero-order valence-electron chi connectivity index (χ0n) is 12.4. The molecule has 1 aliphatic rings. The highest BCUT2D eigenvalue weighted by Gasteiger charge is 2.25. The van der Waals surface area contributed by atoms with E-state index in [0.29, 0.717) is 12.5 Å². The van der Waals surface area contributed by atoms with Crippen LogP contribution in [0.2, 0.25) is 0 Å². The molecule has 0 aromatic carbocycles. The van der Waals surface area contributed by atoms with Crippen LogP contribution in [0.1, 0.15) is 60.5 Å². The number of nitrogens with zero attached hydrogens (tertiary/aromatic N) is 1. The van der Waals surface area contributed by atoms with Crippen LogP contribution in [0.4, 0.5) is 0 Å². The van der Waals surface area contributed by atoms with E-state index in [9.17, 15) is 0 Å². The quantitative estimate of drug-likeness (QED) is 0.864. The van der Waals surface area contributed by atoms with Crippen molar-refractivity contribution in [1.29, 1.82) is 0 Å². The monoisotopic (exact) mass is 282 g/mol. The van der Waals surface area contributed by atoms with Gasteiger partial charge in [0.25, 0.3) is 0 Å². The molecule has 1 aromatic rings. The Morgan fingerprint density at radius 3 is 2.95 bits per heavy atom. The molecule has 1 aromatic heterocycles. The third kappa shape index (κ3) is 3.77. The summed E-state index contributed by atoms with van der Waals surface area (Å²) in [7, 11) is 3.74. The van der Waals surface area contributed by atoms with Crippen LogP contribution in [0.15, 0.2) is 0 Å². The third-order valence-corrected chi connectivity index (χ3v) is 5.38. The minimum absolute atomic E-state index is 0.636. The number of rotatable bonds is 6. The second kappa shape index (κ2) is 7.36. The molecule has 2 rings (SSSR count). The lowest BCUT2D eigenvalue weighted by molar-refractivity contribution is 0.181. The lowest BCUT2D eigenvalue weighted by Crippen LogP contribution is -2.13. The second-order valence-electron chi connectivity index (χ2n) is 5.52. The third-order valence-electron chi connectivity index (χ3n) is 4.12. The van der Waals surface area contributed by atoms with Crippen LogP contribution in [0.3, 0.4) is 0 Å². The normalized spacial score (nSPS) is 23.7. The molecule has 2 unspecified atom stereocenters. The number of thiazole rings is 1. The number of hydrogen-bond donors (Lipinski definition) is 1. The Hall–Kier alpha value is -0.450. The van der Waals surface area contributed by atoms with Crippen molar-refractivity contribution in [3.8, 4) is 0 Å². The Morgan fingerprint density at radius 1 is 1.42 bits per heavy atom. The minimum atomic E-state index is 0.636. The van der Waals surface area contributed by atoms with Gasteiger partial charge in [-0.1, -0.05) is 26.2 Å². The molecule has 1 saturated carbocycles. The van der Waals surface area contributed by atoms with E-state index < -0.39 is 0 Å². The van der Waals surface area contributed by atoms with Crippen molar-refractivity contribution < 1.29 is 4.74 Å². The van der Waals surface area contributed by atoms with Gasteiger partial charge in [0, 0.05) is 24.4 Å². The summed E-state index contributed by atoms with van der Waals surface area (Å²) in [6.45, 7) is 3.86. The topological polar surface area (TPSA) is 34.1 Å². The zero-order valence-corrected chi connectivity index (χ0v) is 13.2. The van der Waals surface area contributed by atoms with Crippen molar-refractivity contribution in [2.75, 3.05) is 14.2 Å². The van der Waals surface area contributed by atoms with Crippen LogP contribution in [-0.4, -0.2) is 19.1 Å². The molecular formula is C15H26N2OS. The van der Waals surface area contributed by atoms with Crippen molar-refractivity contribution >= 4 is 11.3 Å². The summed E-state index contributed by atoms with van der Waals surface area (Å²) in [5.74, 6) is 1.59. The van der Waals surface area contributed by atoms with E-state index in [0.717, 1.165) is 18.2 Å². The first-order valence-corrected chi connectivity index (χ1v) is 8.22. The van der Waals surface area contributed by atoms with Gasteiger partial charge in [0.2, 0.25) is 0 Å². The van der Waals surface area contributed by atoms with Crippen LogP contribution < -0.4 is 5.32 Å². The number of nitrogens with one attached hydrogen (secondary N) is 1. The van der Waals surface area contributed by atoms with Gasteiger partial charge in [-0.15, -0.1) is 11.3 Å². The molecule has 4 heteroatoms. The molecule has 0 bridgehead atoms. The number of ether oxygens (including phenoxy) is 1. The number of hydrogen-bond acceptors (Lipinski definition) is 4. The van der Waals surface area contributed by atoms with E-state index in [2.05, 4.69) is 12.2 Å². The maximum atomic E-state index is 5.27. The molecule has 0 saturated heterocycles. The predicted molar refractivity (Wildman–Crippen MR) is 80.6 cm³/mol. The Labute approximate surface area is 120 Å². The van der Waals surface area contributed by atoms with Crippen LogP contribution in [0.5, 0.6) is 0 Å². The molecule has 1 heterocycles. The SMILES string of the molecule is CCC1CCCC(c2nc(COC)c(CNC)s2)C1. The zero-order chi connectivity index (χ0) is 13.7. The van der Waals surface area contributed by atoms with Crippen LogP contribution in [-0.2, 0) is 17.9 Å². The highest BCUT2D eigenvalue weighted by Crippen LogP contribution is 2.39. The number of aromatic nitrogens is 1. The first kappa shape index (κ1) is 14.9. The van der Waals surface area contributed by atoms with Crippen LogP contribution in [0, 0.1) is 5.92 Å². The summed E-state index contributed by atoms with van der Waals surface area (Å²) in [4.78, 5) is 6.21. The van der Waals surface area contributed by atoms with Gasteiger partial charge in [-0.25, -0.2) is 4.98 Å². The largest absolute Gasteiger partial charge is 0.378 e. The smallest absolute Gasteiger partial charge is 0.0963 e. The summed E-state index contributed by atoms with van der Waals surface area (Å²) < 4.78 is 5.27. The van der Waals surface area contributed by atoms with Crippen LogP contribution >= 0.6 is 11.3 Å². The van der Waals surface area contributed by atoms with Gasteiger partial charge >= 0.3 is 0 Å². The maximum absolute atomic E-state index is 5.27. The molecule has 0 aliphatic heterocycles. The van der Waals surface area contributed by atoms with E-state index >= 15 is 0 Å². The standard InChI is InChI=1S/C15H26N2OS/c1-4-11-6-5-7-12(8-11)15-17-13(10-18-3)14(19-15)9-16-2/h11-12,16H,4-10H2,1-3H3. The van der Waals surface area contributed by atoms with Crippen LogP contribution in [0.25, 0.3) is 0 Å². The molecular weight excluding hydrogens is 256 g/mol. The molecule has 108 valence electrons. The average molecular weight is 282 g/mol. The Bertz CT molecular complexity index is 368. The first-order chi connectivity index (χ1) is 9.28. The molecule has 3 nitrogen and oxygen atoms in total. The van der Waals surface area contributed by atoms with Gasteiger partial charge < -0.3 is 10.1 Å². The summed E-state index contributed by atoms with van der Waals surface area (Å²) >= 11 is 1.89. The Balaban J connectivity index is 2.12. The molecule has 0 radical (unpaired) electrons. The maximum Gasteiger partial charge on any atom is 0.0963 e. The van der Waals surface area contributed by atoms with Crippen molar-refractivity contribution in [3.05, 3.63) is 15.6 Å². The molecule has 2 atom stereocenters. The first-order valence-electron chi connectivity index (χ1n) is 7.40. The molecule has 19 heavy (non-hydrogen) atoms. The summed E-state index contributed by atoms with van der Waals surface area (Å²) in [6.07, 6.45) is 6.73. The minimum Gasteiger partial charge on any atom is -0.378 e. The molecule has 0 spiro atoms. The second-order valence-corrected chi connectivity index (χ2v) is 6.64. The van der Waals surface area contributed by atoms with Gasteiger partial charge in [-0.2, -0.15) is 0 Å². The van der Waals surface area contributed by atoms with Gasteiger partial charge in [0.1, 0.15) is 0 Å². The van der Waals surface area contributed by atoms with Crippen molar-refractivity contribution in [2.45, 2.75) is 58.1 Å². The fourth-order valence-corrected chi connectivity index (χ4v) is 4.24. The van der Waals surface area contributed by atoms with Crippen molar-refractivity contribution in [3.63, 3.8) is 0 Å². The molecule has 1 aliphatic carbocycles. The highest BCUT2D eigenvalue weighted by atomic mass is 32.1. The van der Waals surface area contributed by atoms with Gasteiger partial charge in [0.05, 0.1) is 17.3 Å².